The second-order valence-corrected chi connectivity index (χ2v) is 12.6. The van der Waals surface area contributed by atoms with E-state index < -0.39 is 0 Å². The van der Waals surface area contributed by atoms with Crippen molar-refractivity contribution in [2.75, 3.05) is 13.1 Å². The van der Waals surface area contributed by atoms with Gasteiger partial charge < -0.3 is 10.6 Å². The van der Waals surface area contributed by atoms with E-state index in [4.69, 9.17) is 0 Å². The number of ketones is 1. The summed E-state index contributed by atoms with van der Waals surface area (Å²) in [5.74, 6) is 0.0720. The van der Waals surface area contributed by atoms with E-state index in [1.807, 2.05) is 24.4 Å². The number of allylic oxidation sites excluding steroid dienone is 1. The van der Waals surface area contributed by atoms with Crippen LogP contribution in [0.2, 0.25) is 0 Å². The third-order valence-corrected chi connectivity index (χ3v) is 8.83. The Morgan fingerprint density at radius 3 is 2.10 bits per heavy atom. The van der Waals surface area contributed by atoms with Gasteiger partial charge >= 0.3 is 0 Å². The Morgan fingerprint density at radius 2 is 1.35 bits per heavy atom. The third kappa shape index (κ3) is 8.69. The summed E-state index contributed by atoms with van der Waals surface area (Å²) >= 11 is 0. The van der Waals surface area contributed by atoms with Crippen LogP contribution in [0.5, 0.6) is 0 Å². The number of amides is 1. The number of carbonyl (C=O) groups is 2. The molecule has 3 aromatic carbocycles. The van der Waals surface area contributed by atoms with Crippen LogP contribution in [0.25, 0.3) is 44.1 Å². The van der Waals surface area contributed by atoms with E-state index in [1.54, 1.807) is 20.0 Å². The molecule has 6 nitrogen and oxygen atoms in total. The van der Waals surface area contributed by atoms with Gasteiger partial charge in [0.05, 0.1) is 11.4 Å². The molecular formula is C42H46N4O2. The molecule has 2 heterocycles. The van der Waals surface area contributed by atoms with Crippen molar-refractivity contribution in [1.82, 2.24) is 20.6 Å². The molecule has 48 heavy (non-hydrogen) atoms. The summed E-state index contributed by atoms with van der Waals surface area (Å²) in [7, 11) is 0. The lowest BCUT2D eigenvalue weighted by atomic mass is 9.87. The number of fused-ring (bicyclic) bond motifs is 2. The molecule has 0 atom stereocenters. The number of unbranched alkanes of at least 4 members (excludes halogenated alkanes) is 3. The van der Waals surface area contributed by atoms with E-state index in [9.17, 15) is 9.59 Å². The molecule has 0 aliphatic heterocycles. The molecule has 6 heteroatoms. The first-order valence-corrected chi connectivity index (χ1v) is 17.0. The summed E-state index contributed by atoms with van der Waals surface area (Å²) < 4.78 is 0. The molecule has 1 amide bonds. The highest BCUT2D eigenvalue weighted by Gasteiger charge is 2.15. The highest BCUT2D eigenvalue weighted by atomic mass is 16.1. The Labute approximate surface area is 284 Å². The van der Waals surface area contributed by atoms with Crippen LogP contribution in [0.4, 0.5) is 0 Å². The number of aromatic nitrogens is 2. The van der Waals surface area contributed by atoms with Gasteiger partial charge in [-0.25, -0.2) is 0 Å². The van der Waals surface area contributed by atoms with Gasteiger partial charge in [-0.2, -0.15) is 0 Å². The highest BCUT2D eigenvalue weighted by molar-refractivity contribution is 6.07. The fraction of sp³-hybridized carbons (Fsp3) is 0.286. The number of benzene rings is 3. The van der Waals surface area contributed by atoms with Crippen LogP contribution in [0.1, 0.15) is 63.5 Å². The Bertz CT molecular complexity index is 1930. The van der Waals surface area contributed by atoms with Crippen molar-refractivity contribution in [3.05, 3.63) is 121 Å². The average molecular weight is 639 g/mol. The molecule has 246 valence electrons. The van der Waals surface area contributed by atoms with Crippen LogP contribution in [0.15, 0.2) is 109 Å². The molecule has 2 N–H and O–H groups in total. The zero-order valence-electron chi connectivity index (χ0n) is 28.3. The lowest BCUT2D eigenvalue weighted by Gasteiger charge is -2.19. The highest BCUT2D eigenvalue weighted by Crippen LogP contribution is 2.37. The maximum Gasteiger partial charge on any atom is 0.246 e. The van der Waals surface area contributed by atoms with Crippen molar-refractivity contribution in [1.29, 1.82) is 0 Å². The Hall–Kier alpha value is -4.94. The maximum atomic E-state index is 12.0. The number of pyridine rings is 2. The van der Waals surface area contributed by atoms with Crippen molar-refractivity contribution < 1.29 is 9.59 Å². The first-order chi connectivity index (χ1) is 23.3. The van der Waals surface area contributed by atoms with Crippen LogP contribution < -0.4 is 10.6 Å². The smallest absolute Gasteiger partial charge is 0.246 e. The first kappa shape index (κ1) is 34.4. The lowest BCUT2D eigenvalue weighted by Crippen LogP contribution is -2.27. The molecule has 5 rings (SSSR count). The number of carbonyl (C=O) groups excluding carboxylic acids is 2. The summed E-state index contributed by atoms with van der Waals surface area (Å²) in [6.45, 7) is 13.1. The fourth-order valence-corrected chi connectivity index (χ4v) is 6.19. The summed E-state index contributed by atoms with van der Waals surface area (Å²) in [6.07, 6.45) is 10.1. The molecule has 0 fully saturated rings. The van der Waals surface area contributed by atoms with E-state index in [-0.39, 0.29) is 11.7 Å². The molecule has 0 radical (unpaired) electrons. The summed E-state index contributed by atoms with van der Waals surface area (Å²) in [6, 6.07) is 25.6. The predicted octanol–water partition coefficient (Wildman–Crippen LogP) is 8.93. The van der Waals surface area contributed by atoms with E-state index in [0.717, 1.165) is 74.1 Å². The molecule has 0 saturated carbocycles. The number of nitrogens with zero attached hydrogens (tertiary/aromatic N) is 2. The largest absolute Gasteiger partial charge is 0.352 e. The normalized spacial score (nSPS) is 11.1. The van der Waals surface area contributed by atoms with Gasteiger partial charge in [-0.3, -0.25) is 19.6 Å². The Kier molecular flexibility index (Phi) is 12.0. The minimum Gasteiger partial charge on any atom is -0.352 e. The minimum atomic E-state index is -0.0971. The average Bonchev–Trinajstić information content (AvgIpc) is 3.11. The van der Waals surface area contributed by atoms with Crippen molar-refractivity contribution in [3.63, 3.8) is 0 Å². The van der Waals surface area contributed by atoms with Gasteiger partial charge in [-0.1, -0.05) is 68.5 Å². The SMILES string of the molecule is C=C(C)C(=O)CCCCCCc1c2ccccc2c(CNCCCNC(=O)C(=C)C)c2ccc(-c3ccnc(-c4ccccn4)c3)cc12. The number of aryl methyl sites for hydroxylation is 1. The molecule has 0 aliphatic carbocycles. The standard InChI is InChI=1S/C42H46N4O2/c1-29(2)41(47)18-8-6-5-7-14-34-33-15-9-10-16-35(33)38(28-43-22-13-24-46-42(48)30(3)4)36-20-19-31(26-37(34)36)32-21-25-45-40(27-32)39-17-11-12-23-44-39/h9-12,15-17,19-21,23,25-27,43H,1,3,5-8,13-14,18,22,24,28H2,2,4H3,(H,46,48). The van der Waals surface area contributed by atoms with Crippen molar-refractivity contribution in [2.45, 2.75) is 65.3 Å². The molecule has 0 saturated heterocycles. The Balaban J connectivity index is 1.45. The van der Waals surface area contributed by atoms with Crippen LogP contribution >= 0.6 is 0 Å². The van der Waals surface area contributed by atoms with Gasteiger partial charge in [-0.15, -0.1) is 0 Å². The van der Waals surface area contributed by atoms with E-state index in [0.29, 0.717) is 24.1 Å². The molecule has 0 bridgehead atoms. The lowest BCUT2D eigenvalue weighted by molar-refractivity contribution is -0.117. The van der Waals surface area contributed by atoms with Gasteiger partial charge in [0, 0.05) is 37.5 Å². The zero-order valence-corrected chi connectivity index (χ0v) is 28.3. The van der Waals surface area contributed by atoms with Gasteiger partial charge in [0.2, 0.25) is 5.91 Å². The minimum absolute atomic E-state index is 0.0971. The van der Waals surface area contributed by atoms with Gasteiger partial charge in [-0.05, 0) is 126 Å². The van der Waals surface area contributed by atoms with Crippen molar-refractivity contribution in [2.24, 2.45) is 0 Å². The van der Waals surface area contributed by atoms with Crippen LogP contribution in [0, 0.1) is 0 Å². The number of nitrogens with one attached hydrogen (secondary N) is 2. The van der Waals surface area contributed by atoms with E-state index >= 15 is 0 Å². The topological polar surface area (TPSA) is 84.0 Å². The summed E-state index contributed by atoms with van der Waals surface area (Å²) in [4.78, 5) is 33.0. The summed E-state index contributed by atoms with van der Waals surface area (Å²) in [5, 5.41) is 11.6. The third-order valence-electron chi connectivity index (χ3n) is 8.83. The van der Waals surface area contributed by atoms with Crippen LogP contribution in [0.3, 0.4) is 0 Å². The first-order valence-electron chi connectivity index (χ1n) is 17.0. The van der Waals surface area contributed by atoms with Crippen LogP contribution in [-0.4, -0.2) is 34.7 Å². The molecule has 0 aliphatic rings. The fourth-order valence-electron chi connectivity index (χ4n) is 6.19. The van der Waals surface area contributed by atoms with Crippen molar-refractivity contribution >= 4 is 33.2 Å². The molecule has 0 unspecified atom stereocenters. The molecule has 0 spiro atoms. The predicted molar refractivity (Wildman–Crippen MR) is 199 cm³/mol. The molecule has 2 aromatic heterocycles. The maximum absolute atomic E-state index is 12.0. The monoisotopic (exact) mass is 638 g/mol. The van der Waals surface area contributed by atoms with Gasteiger partial charge in [0.25, 0.3) is 0 Å². The molecule has 5 aromatic rings. The quantitative estimate of drug-likeness (QED) is 0.0604. The number of rotatable bonds is 17. The number of Topliss-reactive ketones (excluding diaryl/α,β-unsaturated/α-hetero) is 1. The summed E-state index contributed by atoms with van der Waals surface area (Å²) in [5.41, 5.74) is 7.77. The molecular weight excluding hydrogens is 592 g/mol. The van der Waals surface area contributed by atoms with E-state index in [1.165, 1.54) is 32.7 Å². The Morgan fingerprint density at radius 1 is 0.646 bits per heavy atom. The second-order valence-electron chi connectivity index (χ2n) is 12.6. The van der Waals surface area contributed by atoms with E-state index in [2.05, 4.69) is 88.4 Å². The number of hydrogen-bond donors (Lipinski definition) is 2. The van der Waals surface area contributed by atoms with Gasteiger partial charge in [0.15, 0.2) is 5.78 Å². The van der Waals surface area contributed by atoms with Crippen LogP contribution in [-0.2, 0) is 22.6 Å². The number of hydrogen-bond acceptors (Lipinski definition) is 5. The van der Waals surface area contributed by atoms with Gasteiger partial charge in [0.1, 0.15) is 0 Å². The zero-order chi connectivity index (χ0) is 33.9. The second kappa shape index (κ2) is 16.8. The van der Waals surface area contributed by atoms with Crippen molar-refractivity contribution in [3.8, 4) is 22.5 Å².